The summed E-state index contributed by atoms with van der Waals surface area (Å²) in [5, 5.41) is 0.213. The van der Waals surface area contributed by atoms with Crippen LogP contribution in [-0.2, 0) is 16.8 Å². The maximum absolute atomic E-state index is 13.7. The van der Waals surface area contributed by atoms with Gasteiger partial charge < -0.3 is 5.73 Å². The predicted molar refractivity (Wildman–Crippen MR) is 83.2 cm³/mol. The van der Waals surface area contributed by atoms with Gasteiger partial charge in [-0.3, -0.25) is 0 Å². The highest BCUT2D eigenvalue weighted by atomic mass is 35.5. The molecule has 5 nitrogen and oxygen atoms in total. The quantitative estimate of drug-likeness (QED) is 0.889. The van der Waals surface area contributed by atoms with Gasteiger partial charge in [0.05, 0.1) is 0 Å². The fraction of sp³-hybridized carbons (Fsp3) is 0.500. The molecule has 1 fully saturated rings. The normalized spacial score (nSPS) is 19.8. The van der Waals surface area contributed by atoms with E-state index in [-0.39, 0.29) is 42.1 Å². The Labute approximate surface area is 135 Å². The topological polar surface area (TPSA) is 66.6 Å². The summed E-state index contributed by atoms with van der Waals surface area (Å²) in [6.45, 7) is 0.566. The SMILES string of the molecule is CN(Cc1c(F)cccc1Cl)S(=O)(=O)N1CCC(N)C1.Cl. The molecule has 0 amide bonds. The van der Waals surface area contributed by atoms with Crippen LogP contribution in [-0.4, -0.2) is 43.2 Å². The number of rotatable bonds is 4. The highest BCUT2D eigenvalue weighted by Gasteiger charge is 2.33. The third-order valence-electron chi connectivity index (χ3n) is 3.35. The number of hydrogen-bond acceptors (Lipinski definition) is 3. The van der Waals surface area contributed by atoms with E-state index in [1.54, 1.807) is 0 Å². The summed E-state index contributed by atoms with van der Waals surface area (Å²) in [4.78, 5) is 0. The second-order valence-electron chi connectivity index (χ2n) is 4.87. The van der Waals surface area contributed by atoms with Gasteiger partial charge in [0.25, 0.3) is 10.2 Å². The fourth-order valence-corrected chi connectivity index (χ4v) is 3.77. The maximum Gasteiger partial charge on any atom is 0.282 e. The van der Waals surface area contributed by atoms with E-state index in [4.69, 9.17) is 17.3 Å². The van der Waals surface area contributed by atoms with Crippen molar-refractivity contribution < 1.29 is 12.8 Å². The van der Waals surface area contributed by atoms with Crippen LogP contribution in [0.5, 0.6) is 0 Å². The second kappa shape index (κ2) is 7.21. The predicted octanol–water partition coefficient (Wildman–Crippen LogP) is 1.61. The lowest BCUT2D eigenvalue weighted by atomic mass is 10.2. The van der Waals surface area contributed by atoms with Crippen LogP contribution in [0.3, 0.4) is 0 Å². The van der Waals surface area contributed by atoms with Gasteiger partial charge in [-0.2, -0.15) is 17.0 Å². The molecule has 0 aliphatic carbocycles. The molecule has 1 aromatic rings. The Balaban J connectivity index is 0.00000220. The molecule has 0 bridgehead atoms. The van der Waals surface area contributed by atoms with Gasteiger partial charge in [0.1, 0.15) is 5.82 Å². The first-order valence-corrected chi connectivity index (χ1v) is 7.99. The lowest BCUT2D eigenvalue weighted by molar-refractivity contribution is 0.386. The standard InChI is InChI=1S/C12H17ClFN3O2S.ClH/c1-16(8-10-11(13)3-2-4-12(10)14)20(18,19)17-6-5-9(15)7-17;/h2-4,9H,5-8,15H2,1H3;1H. The molecule has 120 valence electrons. The van der Waals surface area contributed by atoms with Gasteiger partial charge in [-0.15, -0.1) is 12.4 Å². The summed E-state index contributed by atoms with van der Waals surface area (Å²) >= 11 is 5.91. The zero-order valence-corrected chi connectivity index (χ0v) is 13.9. The van der Waals surface area contributed by atoms with Crippen molar-refractivity contribution in [3.05, 3.63) is 34.6 Å². The Morgan fingerprint density at radius 1 is 1.52 bits per heavy atom. The Bertz CT molecular complexity index is 580. The van der Waals surface area contributed by atoms with Gasteiger partial charge >= 0.3 is 0 Å². The average Bonchev–Trinajstić information content (AvgIpc) is 2.81. The van der Waals surface area contributed by atoms with E-state index >= 15 is 0 Å². The van der Waals surface area contributed by atoms with Crippen LogP contribution in [0, 0.1) is 5.82 Å². The number of halogens is 3. The van der Waals surface area contributed by atoms with Crippen LogP contribution in [0.1, 0.15) is 12.0 Å². The van der Waals surface area contributed by atoms with Crippen LogP contribution in [0.2, 0.25) is 5.02 Å². The third kappa shape index (κ3) is 4.06. The molecule has 1 aliphatic rings. The second-order valence-corrected chi connectivity index (χ2v) is 7.31. The van der Waals surface area contributed by atoms with E-state index < -0.39 is 16.0 Å². The Morgan fingerprint density at radius 2 is 2.19 bits per heavy atom. The van der Waals surface area contributed by atoms with Crippen LogP contribution >= 0.6 is 24.0 Å². The highest BCUT2D eigenvalue weighted by Crippen LogP contribution is 2.23. The first kappa shape index (κ1) is 18.6. The van der Waals surface area contributed by atoms with E-state index in [1.807, 2.05) is 0 Å². The first-order valence-electron chi connectivity index (χ1n) is 6.22. The molecule has 0 radical (unpaired) electrons. The Kier molecular flexibility index (Phi) is 6.39. The molecule has 2 N–H and O–H groups in total. The summed E-state index contributed by atoms with van der Waals surface area (Å²) in [6, 6.07) is 4.13. The zero-order chi connectivity index (χ0) is 14.9. The summed E-state index contributed by atoms with van der Waals surface area (Å²) < 4.78 is 40.8. The molecule has 1 unspecified atom stereocenters. The van der Waals surface area contributed by atoms with E-state index in [2.05, 4.69) is 0 Å². The number of nitrogens with zero attached hydrogens (tertiary/aromatic N) is 2. The van der Waals surface area contributed by atoms with Crippen LogP contribution < -0.4 is 5.73 Å². The van der Waals surface area contributed by atoms with Crippen molar-refractivity contribution in [2.45, 2.75) is 19.0 Å². The smallest absolute Gasteiger partial charge is 0.282 e. The molecule has 1 aliphatic heterocycles. The number of nitrogens with two attached hydrogens (primary N) is 1. The molecule has 0 spiro atoms. The summed E-state index contributed by atoms with van der Waals surface area (Å²) in [6.07, 6.45) is 0.632. The molecule has 9 heteroatoms. The molecular formula is C12H18Cl2FN3O2S. The van der Waals surface area contributed by atoms with Crippen molar-refractivity contribution in [2.24, 2.45) is 5.73 Å². The molecule has 1 saturated heterocycles. The third-order valence-corrected chi connectivity index (χ3v) is 5.61. The summed E-state index contributed by atoms with van der Waals surface area (Å²) in [5.41, 5.74) is 5.89. The molecule has 2 rings (SSSR count). The zero-order valence-electron chi connectivity index (χ0n) is 11.5. The first-order chi connectivity index (χ1) is 9.32. The van der Waals surface area contributed by atoms with Gasteiger partial charge in [-0.1, -0.05) is 17.7 Å². The Morgan fingerprint density at radius 3 is 2.71 bits per heavy atom. The molecule has 0 saturated carbocycles. The average molecular weight is 358 g/mol. The van der Waals surface area contributed by atoms with Crippen molar-refractivity contribution in [2.75, 3.05) is 20.1 Å². The van der Waals surface area contributed by atoms with Crippen LogP contribution in [0.4, 0.5) is 4.39 Å². The van der Waals surface area contributed by atoms with Gasteiger partial charge in [0.15, 0.2) is 0 Å². The summed E-state index contributed by atoms with van der Waals surface area (Å²) in [7, 11) is -2.24. The maximum atomic E-state index is 13.7. The van der Waals surface area contributed by atoms with Gasteiger partial charge in [0.2, 0.25) is 0 Å². The minimum absolute atomic E-state index is 0. The Hall–Kier alpha value is -0.440. The van der Waals surface area contributed by atoms with Crippen molar-refractivity contribution >= 4 is 34.2 Å². The number of benzene rings is 1. The minimum atomic E-state index is -3.64. The van der Waals surface area contributed by atoms with Crippen molar-refractivity contribution in [3.63, 3.8) is 0 Å². The number of hydrogen-bond donors (Lipinski definition) is 1. The van der Waals surface area contributed by atoms with E-state index in [0.717, 1.165) is 4.31 Å². The van der Waals surface area contributed by atoms with Gasteiger partial charge in [-0.25, -0.2) is 4.39 Å². The van der Waals surface area contributed by atoms with Gasteiger partial charge in [-0.05, 0) is 18.6 Å². The lowest BCUT2D eigenvalue weighted by Gasteiger charge is -2.24. The molecule has 1 atom stereocenters. The van der Waals surface area contributed by atoms with Crippen molar-refractivity contribution in [3.8, 4) is 0 Å². The molecule has 1 heterocycles. The van der Waals surface area contributed by atoms with E-state index in [0.29, 0.717) is 13.0 Å². The van der Waals surface area contributed by atoms with Crippen molar-refractivity contribution in [1.82, 2.24) is 8.61 Å². The summed E-state index contributed by atoms with van der Waals surface area (Å²) in [5.74, 6) is -0.516. The largest absolute Gasteiger partial charge is 0.326 e. The van der Waals surface area contributed by atoms with E-state index in [1.165, 1.54) is 29.6 Å². The minimum Gasteiger partial charge on any atom is -0.326 e. The van der Waals surface area contributed by atoms with Gasteiger partial charge in [0, 0.05) is 43.3 Å². The monoisotopic (exact) mass is 357 g/mol. The van der Waals surface area contributed by atoms with Crippen LogP contribution in [0.15, 0.2) is 18.2 Å². The lowest BCUT2D eigenvalue weighted by Crippen LogP contribution is -2.41. The fourth-order valence-electron chi connectivity index (χ4n) is 2.15. The molecule has 0 aromatic heterocycles. The highest BCUT2D eigenvalue weighted by molar-refractivity contribution is 7.86. The molecular weight excluding hydrogens is 340 g/mol. The van der Waals surface area contributed by atoms with Crippen LogP contribution in [0.25, 0.3) is 0 Å². The van der Waals surface area contributed by atoms with E-state index in [9.17, 15) is 12.8 Å². The molecule has 21 heavy (non-hydrogen) atoms. The van der Waals surface area contributed by atoms with Crippen molar-refractivity contribution in [1.29, 1.82) is 0 Å². The molecule has 1 aromatic carbocycles.